The highest BCUT2D eigenvalue weighted by Crippen LogP contribution is 2.35. The third kappa shape index (κ3) is 6.54. The fourth-order valence-corrected chi connectivity index (χ4v) is 4.34. The number of aliphatic hydroxyl groups excluding tert-OH is 2. The lowest BCUT2D eigenvalue weighted by molar-refractivity contribution is -0.210. The molecule has 0 aliphatic carbocycles. The number of unbranched alkanes of at least 4 members (excludes halogenated alkanes) is 1. The molecule has 6 nitrogen and oxygen atoms in total. The summed E-state index contributed by atoms with van der Waals surface area (Å²) in [6.45, 7) is 4.78. The fraction of sp³-hybridized carbons (Fsp3) is 0.458. The van der Waals surface area contributed by atoms with Crippen LogP contribution < -0.4 is 0 Å². The normalized spacial score (nSPS) is 25.9. The zero-order valence-electron chi connectivity index (χ0n) is 17.8. The molecule has 1 fully saturated rings. The van der Waals surface area contributed by atoms with E-state index in [1.165, 1.54) is 11.8 Å². The Morgan fingerprint density at radius 1 is 1.06 bits per heavy atom. The van der Waals surface area contributed by atoms with Gasteiger partial charge in [-0.1, -0.05) is 61.0 Å². The van der Waals surface area contributed by atoms with Crippen LogP contribution in [0.2, 0.25) is 0 Å². The van der Waals surface area contributed by atoms with E-state index in [0.29, 0.717) is 12.2 Å². The van der Waals surface area contributed by atoms with E-state index in [2.05, 4.69) is 6.92 Å². The largest absolute Gasteiger partial charge is 0.452 e. The number of esters is 1. The second-order valence-corrected chi connectivity index (χ2v) is 8.79. The number of thioether (sulfide) groups is 1. The van der Waals surface area contributed by atoms with Gasteiger partial charge in [0.1, 0.15) is 23.7 Å². The molecule has 2 unspecified atom stereocenters. The Morgan fingerprint density at radius 2 is 1.77 bits per heavy atom. The highest BCUT2D eigenvalue weighted by atomic mass is 32.2. The number of ether oxygens (including phenoxy) is 3. The van der Waals surface area contributed by atoms with Crippen molar-refractivity contribution in [1.29, 1.82) is 0 Å². The quantitative estimate of drug-likeness (QED) is 0.450. The third-order valence-corrected chi connectivity index (χ3v) is 6.25. The predicted octanol–water partition coefficient (Wildman–Crippen LogP) is 3.58. The SMILES string of the molecule is CCCCOCC1O[C@@H](Sc2ccc(C)cc2)[C@@H](OC(=O)c2ccccc2)C(O)[C@H]1O. The lowest BCUT2D eigenvalue weighted by Gasteiger charge is -2.41. The van der Waals surface area contributed by atoms with Gasteiger partial charge in [-0.15, -0.1) is 0 Å². The highest BCUT2D eigenvalue weighted by Gasteiger charge is 2.47. The van der Waals surface area contributed by atoms with Crippen molar-refractivity contribution in [2.75, 3.05) is 13.2 Å². The smallest absolute Gasteiger partial charge is 0.338 e. The number of rotatable bonds is 9. The molecule has 168 valence electrons. The molecule has 1 heterocycles. The van der Waals surface area contributed by atoms with Crippen LogP contribution in [0.15, 0.2) is 59.5 Å². The molecule has 0 spiro atoms. The van der Waals surface area contributed by atoms with Gasteiger partial charge in [0.15, 0.2) is 6.10 Å². The number of aryl methyl sites for hydroxylation is 1. The molecule has 1 aliphatic rings. The summed E-state index contributed by atoms with van der Waals surface area (Å²) < 4.78 is 17.3. The minimum absolute atomic E-state index is 0.155. The molecule has 7 heteroatoms. The Hall–Kier alpha value is -1.90. The highest BCUT2D eigenvalue weighted by molar-refractivity contribution is 7.99. The first-order valence-corrected chi connectivity index (χ1v) is 11.5. The molecular formula is C24H30O6S. The number of hydrogen-bond acceptors (Lipinski definition) is 7. The maximum Gasteiger partial charge on any atom is 0.338 e. The number of carbonyl (C=O) groups excluding carboxylic acids is 1. The van der Waals surface area contributed by atoms with Crippen LogP contribution in [-0.4, -0.2) is 59.2 Å². The zero-order chi connectivity index (χ0) is 22.2. The molecule has 5 atom stereocenters. The summed E-state index contributed by atoms with van der Waals surface area (Å²) in [4.78, 5) is 13.5. The third-order valence-electron chi connectivity index (χ3n) is 5.09. The molecule has 0 saturated carbocycles. The van der Waals surface area contributed by atoms with Gasteiger partial charge >= 0.3 is 5.97 Å². The van der Waals surface area contributed by atoms with Crippen molar-refractivity contribution in [3.05, 3.63) is 65.7 Å². The molecular weight excluding hydrogens is 416 g/mol. The molecule has 0 bridgehead atoms. The van der Waals surface area contributed by atoms with Crippen LogP contribution in [0.4, 0.5) is 0 Å². The number of benzene rings is 2. The summed E-state index contributed by atoms with van der Waals surface area (Å²) in [5.74, 6) is -0.576. The van der Waals surface area contributed by atoms with E-state index in [4.69, 9.17) is 14.2 Å². The summed E-state index contributed by atoms with van der Waals surface area (Å²) in [6, 6.07) is 16.4. The Bertz CT molecular complexity index is 813. The van der Waals surface area contributed by atoms with Gasteiger partial charge in [-0.05, 0) is 37.6 Å². The molecule has 0 radical (unpaired) electrons. The van der Waals surface area contributed by atoms with Crippen LogP contribution in [-0.2, 0) is 14.2 Å². The summed E-state index contributed by atoms with van der Waals surface area (Å²) >= 11 is 1.35. The lowest BCUT2D eigenvalue weighted by atomic mass is 10.00. The summed E-state index contributed by atoms with van der Waals surface area (Å²) in [6.07, 6.45) is -2.39. The van der Waals surface area contributed by atoms with Gasteiger partial charge in [0.05, 0.1) is 12.2 Å². The minimum atomic E-state index is -1.30. The molecule has 3 rings (SSSR count). The second kappa shape index (κ2) is 11.6. The topological polar surface area (TPSA) is 85.2 Å². The van der Waals surface area contributed by atoms with Gasteiger partial charge in [-0.3, -0.25) is 0 Å². The van der Waals surface area contributed by atoms with E-state index in [9.17, 15) is 15.0 Å². The average molecular weight is 447 g/mol. The van der Waals surface area contributed by atoms with E-state index in [1.54, 1.807) is 30.3 Å². The van der Waals surface area contributed by atoms with Gasteiger partial charge in [-0.25, -0.2) is 4.79 Å². The fourth-order valence-electron chi connectivity index (χ4n) is 3.23. The number of hydrogen-bond donors (Lipinski definition) is 2. The van der Waals surface area contributed by atoms with E-state index in [0.717, 1.165) is 23.3 Å². The molecule has 0 amide bonds. The molecule has 2 aromatic carbocycles. The number of aliphatic hydroxyl groups is 2. The zero-order valence-corrected chi connectivity index (χ0v) is 18.7. The van der Waals surface area contributed by atoms with Gasteiger partial charge in [0, 0.05) is 11.5 Å². The Kier molecular flexibility index (Phi) is 8.92. The van der Waals surface area contributed by atoms with Crippen molar-refractivity contribution >= 4 is 17.7 Å². The molecule has 1 aliphatic heterocycles. The van der Waals surface area contributed by atoms with Gasteiger partial charge in [0.25, 0.3) is 0 Å². The minimum Gasteiger partial charge on any atom is -0.452 e. The Morgan fingerprint density at radius 3 is 2.45 bits per heavy atom. The van der Waals surface area contributed by atoms with Crippen molar-refractivity contribution < 1.29 is 29.2 Å². The van der Waals surface area contributed by atoms with Crippen LogP contribution in [0, 0.1) is 6.92 Å². The van der Waals surface area contributed by atoms with Crippen LogP contribution in [0.1, 0.15) is 35.7 Å². The van der Waals surface area contributed by atoms with Crippen molar-refractivity contribution in [2.45, 2.75) is 61.4 Å². The maximum absolute atomic E-state index is 12.6. The molecule has 31 heavy (non-hydrogen) atoms. The Labute approximate surface area is 187 Å². The van der Waals surface area contributed by atoms with Gasteiger partial charge < -0.3 is 24.4 Å². The molecule has 0 aromatic heterocycles. The van der Waals surface area contributed by atoms with Gasteiger partial charge in [0.2, 0.25) is 0 Å². The van der Waals surface area contributed by atoms with Crippen molar-refractivity contribution in [3.63, 3.8) is 0 Å². The summed E-state index contributed by atoms with van der Waals surface area (Å²) in [5.41, 5.74) is 0.792. The number of carbonyl (C=O) groups is 1. The first-order chi connectivity index (χ1) is 15.0. The predicted molar refractivity (Wildman–Crippen MR) is 119 cm³/mol. The Balaban J connectivity index is 1.76. The van der Waals surface area contributed by atoms with E-state index in [1.807, 2.05) is 31.2 Å². The summed E-state index contributed by atoms with van der Waals surface area (Å²) in [7, 11) is 0. The monoisotopic (exact) mass is 446 g/mol. The van der Waals surface area contributed by atoms with Crippen LogP contribution in [0.25, 0.3) is 0 Å². The van der Waals surface area contributed by atoms with Crippen molar-refractivity contribution in [3.8, 4) is 0 Å². The van der Waals surface area contributed by atoms with Crippen LogP contribution >= 0.6 is 11.8 Å². The molecule has 1 saturated heterocycles. The van der Waals surface area contributed by atoms with E-state index >= 15 is 0 Å². The van der Waals surface area contributed by atoms with Crippen molar-refractivity contribution in [1.82, 2.24) is 0 Å². The second-order valence-electron chi connectivity index (χ2n) is 7.62. The maximum atomic E-state index is 12.6. The first-order valence-electron chi connectivity index (χ1n) is 10.6. The van der Waals surface area contributed by atoms with Crippen molar-refractivity contribution in [2.24, 2.45) is 0 Å². The van der Waals surface area contributed by atoms with Crippen LogP contribution in [0.3, 0.4) is 0 Å². The summed E-state index contributed by atoms with van der Waals surface area (Å²) in [5, 5.41) is 21.4. The molecule has 2 N–H and O–H groups in total. The van der Waals surface area contributed by atoms with E-state index in [-0.39, 0.29) is 6.61 Å². The van der Waals surface area contributed by atoms with Crippen LogP contribution in [0.5, 0.6) is 0 Å². The van der Waals surface area contributed by atoms with E-state index < -0.39 is 35.8 Å². The molecule has 2 aromatic rings. The van der Waals surface area contributed by atoms with Gasteiger partial charge in [-0.2, -0.15) is 0 Å². The first kappa shape index (κ1) is 23.8. The standard InChI is InChI=1S/C24H30O6S/c1-3-4-14-28-15-19-20(25)21(26)22(30-23(27)17-8-6-5-7-9-17)24(29-19)31-18-12-10-16(2)11-13-18/h5-13,19-22,24-26H,3-4,14-15H2,1-2H3/t19?,20-,21?,22-,24-/m0/s1. The average Bonchev–Trinajstić information content (AvgIpc) is 2.79. The lowest BCUT2D eigenvalue weighted by Crippen LogP contribution is -2.59.